The summed E-state index contributed by atoms with van der Waals surface area (Å²) in [5, 5.41) is 12.5. The van der Waals surface area contributed by atoms with Crippen molar-refractivity contribution in [2.45, 2.75) is 38.8 Å². The first-order valence-electron chi connectivity index (χ1n) is 5.98. The van der Waals surface area contributed by atoms with Crippen LogP contribution in [0, 0.1) is 17.2 Å². The second-order valence-corrected chi connectivity index (χ2v) is 4.43. The number of nitrogens with one attached hydrogen (secondary N) is 1. The van der Waals surface area contributed by atoms with Gasteiger partial charge in [-0.25, -0.2) is 4.98 Å². The van der Waals surface area contributed by atoms with Gasteiger partial charge in [-0.3, -0.25) is 5.32 Å². The van der Waals surface area contributed by atoms with Crippen LogP contribution in [0.2, 0.25) is 0 Å². The van der Waals surface area contributed by atoms with E-state index in [4.69, 9.17) is 0 Å². The Hall–Kier alpha value is -1.34. The molecule has 1 atom stereocenters. The number of imidazole rings is 1. The monoisotopic (exact) mass is 218 g/mol. The number of nitrogens with zero attached hydrogens (tertiary/aromatic N) is 3. The highest BCUT2D eigenvalue weighted by Crippen LogP contribution is 2.28. The van der Waals surface area contributed by atoms with Crippen LogP contribution < -0.4 is 5.32 Å². The van der Waals surface area contributed by atoms with Crippen LogP contribution in [-0.2, 0) is 6.54 Å². The van der Waals surface area contributed by atoms with Crippen molar-refractivity contribution in [2.24, 2.45) is 5.92 Å². The molecule has 1 aromatic rings. The Morgan fingerprint density at radius 2 is 2.50 bits per heavy atom. The maximum atomic E-state index is 9.17. The highest BCUT2D eigenvalue weighted by molar-refractivity contribution is 5.14. The van der Waals surface area contributed by atoms with Crippen molar-refractivity contribution in [1.82, 2.24) is 14.9 Å². The standard InChI is InChI=1S/C12H18N4/c1-2-5-16-9-14-8-12(16)11(6-13)15-7-10-3-4-10/h8-11,15H,2-5,7H2,1H3. The van der Waals surface area contributed by atoms with Crippen molar-refractivity contribution in [1.29, 1.82) is 5.26 Å². The first-order valence-corrected chi connectivity index (χ1v) is 5.98. The number of hydrogen-bond donors (Lipinski definition) is 1. The molecule has 16 heavy (non-hydrogen) atoms. The van der Waals surface area contributed by atoms with Gasteiger partial charge in [-0.05, 0) is 31.7 Å². The summed E-state index contributed by atoms with van der Waals surface area (Å²) in [6, 6.07) is 2.10. The first-order chi connectivity index (χ1) is 7.85. The molecule has 0 radical (unpaired) electrons. The molecule has 1 aliphatic carbocycles. The lowest BCUT2D eigenvalue weighted by molar-refractivity contribution is 0.546. The lowest BCUT2D eigenvalue weighted by atomic mass is 10.2. The molecule has 1 aliphatic rings. The van der Waals surface area contributed by atoms with Gasteiger partial charge in [0.1, 0.15) is 6.04 Å². The first kappa shape index (κ1) is 11.2. The van der Waals surface area contributed by atoms with E-state index in [1.807, 2.05) is 6.33 Å². The largest absolute Gasteiger partial charge is 0.332 e. The summed E-state index contributed by atoms with van der Waals surface area (Å²) in [5.41, 5.74) is 0.991. The van der Waals surface area contributed by atoms with Crippen LogP contribution in [0.3, 0.4) is 0 Å². The lowest BCUT2D eigenvalue weighted by Gasteiger charge is -2.13. The maximum absolute atomic E-state index is 9.17. The number of aromatic nitrogens is 2. The summed E-state index contributed by atoms with van der Waals surface area (Å²) in [6.07, 6.45) is 7.27. The van der Waals surface area contributed by atoms with Crippen LogP contribution in [0.5, 0.6) is 0 Å². The third-order valence-corrected chi connectivity index (χ3v) is 2.94. The molecule has 0 aromatic carbocycles. The van der Waals surface area contributed by atoms with Crippen LogP contribution in [-0.4, -0.2) is 16.1 Å². The fourth-order valence-electron chi connectivity index (χ4n) is 1.82. The molecule has 1 N–H and O–H groups in total. The topological polar surface area (TPSA) is 53.6 Å². The smallest absolute Gasteiger partial charge is 0.138 e. The minimum atomic E-state index is -0.213. The van der Waals surface area contributed by atoms with Crippen molar-refractivity contribution in [3.8, 4) is 6.07 Å². The Morgan fingerprint density at radius 1 is 1.69 bits per heavy atom. The molecule has 1 fully saturated rings. The van der Waals surface area contributed by atoms with Gasteiger partial charge in [-0.1, -0.05) is 6.92 Å². The molecule has 0 saturated heterocycles. The van der Waals surface area contributed by atoms with Gasteiger partial charge in [0.15, 0.2) is 0 Å². The summed E-state index contributed by atoms with van der Waals surface area (Å²) < 4.78 is 2.06. The fraction of sp³-hybridized carbons (Fsp3) is 0.667. The van der Waals surface area contributed by atoms with Gasteiger partial charge in [0.2, 0.25) is 0 Å². The molecular formula is C12H18N4. The van der Waals surface area contributed by atoms with E-state index in [2.05, 4.69) is 27.9 Å². The molecule has 0 aliphatic heterocycles. The van der Waals surface area contributed by atoms with Crippen molar-refractivity contribution in [2.75, 3.05) is 6.54 Å². The molecule has 0 bridgehead atoms. The second-order valence-electron chi connectivity index (χ2n) is 4.43. The Labute approximate surface area is 96.3 Å². The zero-order valence-corrected chi connectivity index (χ0v) is 9.69. The van der Waals surface area contributed by atoms with Crippen LogP contribution in [0.15, 0.2) is 12.5 Å². The van der Waals surface area contributed by atoms with E-state index in [9.17, 15) is 5.26 Å². The normalized spacial score (nSPS) is 17.0. The van der Waals surface area contributed by atoms with E-state index < -0.39 is 0 Å². The number of rotatable bonds is 6. The molecular weight excluding hydrogens is 200 g/mol. The van der Waals surface area contributed by atoms with Gasteiger partial charge < -0.3 is 4.57 Å². The van der Waals surface area contributed by atoms with Gasteiger partial charge >= 0.3 is 0 Å². The van der Waals surface area contributed by atoms with Gasteiger partial charge in [0.25, 0.3) is 0 Å². The van der Waals surface area contributed by atoms with E-state index >= 15 is 0 Å². The highest BCUT2D eigenvalue weighted by atomic mass is 15.1. The van der Waals surface area contributed by atoms with Gasteiger partial charge in [0.05, 0.1) is 24.3 Å². The fourth-order valence-corrected chi connectivity index (χ4v) is 1.82. The Balaban J connectivity index is 2.00. The molecule has 1 heterocycles. The third kappa shape index (κ3) is 2.61. The lowest BCUT2D eigenvalue weighted by Crippen LogP contribution is -2.24. The second kappa shape index (κ2) is 5.13. The summed E-state index contributed by atoms with van der Waals surface area (Å²) in [4.78, 5) is 4.12. The molecule has 1 aromatic heterocycles. The zero-order chi connectivity index (χ0) is 11.4. The predicted molar refractivity (Wildman–Crippen MR) is 61.6 cm³/mol. The number of nitriles is 1. The number of aryl methyl sites for hydroxylation is 1. The van der Waals surface area contributed by atoms with Gasteiger partial charge in [-0.2, -0.15) is 5.26 Å². The van der Waals surface area contributed by atoms with E-state index in [1.54, 1.807) is 6.20 Å². The Bertz CT molecular complexity index is 373. The van der Waals surface area contributed by atoms with Crippen molar-refractivity contribution < 1.29 is 0 Å². The van der Waals surface area contributed by atoms with Crippen molar-refractivity contribution in [3.63, 3.8) is 0 Å². The van der Waals surface area contributed by atoms with Crippen molar-refractivity contribution >= 4 is 0 Å². The SMILES string of the molecule is CCCn1cncc1C(C#N)NCC1CC1. The van der Waals surface area contributed by atoms with Crippen LogP contribution >= 0.6 is 0 Å². The molecule has 86 valence electrons. The highest BCUT2D eigenvalue weighted by Gasteiger charge is 2.23. The van der Waals surface area contributed by atoms with E-state index in [0.29, 0.717) is 0 Å². The van der Waals surface area contributed by atoms with Gasteiger partial charge in [-0.15, -0.1) is 0 Å². The molecule has 4 nitrogen and oxygen atoms in total. The minimum absolute atomic E-state index is 0.213. The molecule has 0 spiro atoms. The maximum Gasteiger partial charge on any atom is 0.138 e. The van der Waals surface area contributed by atoms with Gasteiger partial charge in [0, 0.05) is 6.54 Å². The minimum Gasteiger partial charge on any atom is -0.332 e. The van der Waals surface area contributed by atoms with Crippen molar-refractivity contribution in [3.05, 3.63) is 18.2 Å². The van der Waals surface area contributed by atoms with Crippen LogP contribution in [0.4, 0.5) is 0 Å². The summed E-state index contributed by atoms with van der Waals surface area (Å²) in [6.45, 7) is 4.01. The summed E-state index contributed by atoms with van der Waals surface area (Å²) in [5.74, 6) is 0.790. The molecule has 0 amide bonds. The Morgan fingerprint density at radius 3 is 3.12 bits per heavy atom. The quantitative estimate of drug-likeness (QED) is 0.793. The summed E-state index contributed by atoms with van der Waals surface area (Å²) >= 11 is 0. The average Bonchev–Trinajstić information content (AvgIpc) is 3.01. The predicted octanol–water partition coefficient (Wildman–Crippen LogP) is 1.86. The molecule has 1 saturated carbocycles. The zero-order valence-electron chi connectivity index (χ0n) is 9.69. The molecule has 4 heteroatoms. The van der Waals surface area contributed by atoms with E-state index in [1.165, 1.54) is 12.8 Å². The van der Waals surface area contributed by atoms with Crippen LogP contribution in [0.25, 0.3) is 0 Å². The van der Waals surface area contributed by atoms with E-state index in [0.717, 1.165) is 31.1 Å². The molecule has 1 unspecified atom stereocenters. The third-order valence-electron chi connectivity index (χ3n) is 2.94. The van der Waals surface area contributed by atoms with Crippen LogP contribution in [0.1, 0.15) is 37.9 Å². The Kier molecular flexibility index (Phi) is 3.58. The van der Waals surface area contributed by atoms with E-state index in [-0.39, 0.29) is 6.04 Å². The average molecular weight is 218 g/mol. The summed E-state index contributed by atoms with van der Waals surface area (Å²) in [7, 11) is 0. The number of hydrogen-bond acceptors (Lipinski definition) is 3. The molecule has 2 rings (SSSR count).